The smallest absolute Gasteiger partial charge is 0.226 e. The van der Waals surface area contributed by atoms with Crippen LogP contribution in [0.25, 0.3) is 0 Å². The van der Waals surface area contributed by atoms with Crippen LogP contribution in [0.5, 0.6) is 0 Å². The van der Waals surface area contributed by atoms with E-state index in [4.69, 9.17) is 5.73 Å². The fourth-order valence-corrected chi connectivity index (χ4v) is 2.64. The summed E-state index contributed by atoms with van der Waals surface area (Å²) in [6.45, 7) is 6.22. The average Bonchev–Trinajstić information content (AvgIpc) is 2.96. The first-order valence-corrected chi connectivity index (χ1v) is 7.32. The predicted molar refractivity (Wildman–Crippen MR) is 78.3 cm³/mol. The van der Waals surface area contributed by atoms with Gasteiger partial charge in [0.2, 0.25) is 5.91 Å². The van der Waals surface area contributed by atoms with Gasteiger partial charge >= 0.3 is 0 Å². The maximum atomic E-state index is 11.9. The largest absolute Gasteiger partial charge is 0.352 e. The van der Waals surface area contributed by atoms with E-state index in [-0.39, 0.29) is 18.4 Å². The number of nitrogens with two attached hydrogens (primary N) is 1. The summed E-state index contributed by atoms with van der Waals surface area (Å²) < 4.78 is 0. The minimum Gasteiger partial charge on any atom is -0.352 e. The number of rotatable bonds is 5. The number of hydrogen-bond donors (Lipinski definition) is 3. The number of carbonyl (C=O) groups excluding carboxylic acids is 1. The Balaban J connectivity index is 1.89. The lowest BCUT2D eigenvalue weighted by molar-refractivity contribution is -0.120. The molecule has 108 valence electrons. The highest BCUT2D eigenvalue weighted by atomic mass is 32.1. The van der Waals surface area contributed by atoms with Crippen molar-refractivity contribution in [2.75, 3.05) is 0 Å². The number of thiazole rings is 1. The summed E-state index contributed by atoms with van der Waals surface area (Å²) in [6.07, 6.45) is 0.277. The Kier molecular flexibility index (Phi) is 4.51. The van der Waals surface area contributed by atoms with Crippen molar-refractivity contribution < 1.29 is 4.79 Å². The van der Waals surface area contributed by atoms with Crippen LogP contribution in [0, 0.1) is 13.8 Å². The van der Waals surface area contributed by atoms with E-state index in [0.29, 0.717) is 6.54 Å². The number of amides is 1. The van der Waals surface area contributed by atoms with Crippen molar-refractivity contribution >= 4 is 17.2 Å². The van der Waals surface area contributed by atoms with E-state index >= 15 is 0 Å². The quantitative estimate of drug-likeness (QED) is 0.775. The highest BCUT2D eigenvalue weighted by Crippen LogP contribution is 2.16. The molecule has 2 rings (SSSR count). The van der Waals surface area contributed by atoms with Crippen LogP contribution in [0.1, 0.15) is 40.6 Å². The van der Waals surface area contributed by atoms with Gasteiger partial charge < -0.3 is 11.1 Å². The fraction of sp³-hybridized carbons (Fsp3) is 0.462. The number of carbonyl (C=O) groups is 1. The number of aromatic nitrogens is 3. The third-order valence-electron chi connectivity index (χ3n) is 3.04. The van der Waals surface area contributed by atoms with Crippen molar-refractivity contribution in [3.05, 3.63) is 33.0 Å². The average molecular weight is 293 g/mol. The molecule has 2 aromatic heterocycles. The van der Waals surface area contributed by atoms with Crippen LogP contribution in [0.2, 0.25) is 0 Å². The molecular weight excluding hydrogens is 274 g/mol. The zero-order chi connectivity index (χ0) is 14.7. The van der Waals surface area contributed by atoms with E-state index < -0.39 is 0 Å². The molecule has 2 heterocycles. The number of nitrogens with one attached hydrogen (secondary N) is 2. The molecule has 1 amide bonds. The Morgan fingerprint density at radius 3 is 2.85 bits per heavy atom. The second-order valence-corrected chi connectivity index (χ2v) is 5.72. The summed E-state index contributed by atoms with van der Waals surface area (Å²) in [5, 5.41) is 12.6. The predicted octanol–water partition coefficient (Wildman–Crippen LogP) is 1.36. The Bertz CT molecular complexity index is 582. The first-order chi connectivity index (χ1) is 9.47. The molecule has 0 radical (unpaired) electrons. The molecule has 0 aliphatic heterocycles. The van der Waals surface area contributed by atoms with Crippen LogP contribution in [0.15, 0.2) is 5.38 Å². The molecule has 0 fully saturated rings. The molecule has 20 heavy (non-hydrogen) atoms. The highest BCUT2D eigenvalue weighted by molar-refractivity contribution is 7.09. The van der Waals surface area contributed by atoms with Gasteiger partial charge in [0.1, 0.15) is 5.01 Å². The monoisotopic (exact) mass is 293 g/mol. The second-order valence-electron chi connectivity index (χ2n) is 4.83. The summed E-state index contributed by atoms with van der Waals surface area (Å²) in [5.41, 5.74) is 9.45. The normalized spacial score (nSPS) is 12.4. The highest BCUT2D eigenvalue weighted by Gasteiger charge is 2.11. The number of H-pyrrole nitrogens is 1. The topological polar surface area (TPSA) is 96.7 Å². The van der Waals surface area contributed by atoms with Gasteiger partial charge in [-0.2, -0.15) is 5.10 Å². The Hall–Kier alpha value is -1.73. The van der Waals surface area contributed by atoms with Crippen LogP contribution < -0.4 is 11.1 Å². The number of aryl methyl sites for hydroxylation is 2. The van der Waals surface area contributed by atoms with Crippen LogP contribution >= 0.6 is 11.3 Å². The zero-order valence-electron chi connectivity index (χ0n) is 11.9. The van der Waals surface area contributed by atoms with Crippen LogP contribution in [-0.4, -0.2) is 21.1 Å². The molecule has 6 nitrogen and oxygen atoms in total. The van der Waals surface area contributed by atoms with Crippen molar-refractivity contribution in [2.45, 2.75) is 39.8 Å². The van der Waals surface area contributed by atoms with Gasteiger partial charge in [-0.1, -0.05) is 0 Å². The lowest BCUT2D eigenvalue weighted by Crippen LogP contribution is -2.25. The summed E-state index contributed by atoms with van der Waals surface area (Å²) in [5.74, 6) is -0.0495. The van der Waals surface area contributed by atoms with E-state index in [9.17, 15) is 4.79 Å². The molecule has 0 aliphatic carbocycles. The number of nitrogens with zero attached hydrogens (tertiary/aromatic N) is 2. The summed E-state index contributed by atoms with van der Waals surface area (Å²) in [6, 6.07) is -0.0898. The van der Waals surface area contributed by atoms with Crippen molar-refractivity contribution in [3.8, 4) is 0 Å². The zero-order valence-corrected chi connectivity index (χ0v) is 12.7. The van der Waals surface area contributed by atoms with Crippen molar-refractivity contribution in [1.82, 2.24) is 20.5 Å². The molecule has 1 unspecified atom stereocenters. The Morgan fingerprint density at radius 1 is 1.55 bits per heavy atom. The van der Waals surface area contributed by atoms with E-state index in [1.165, 1.54) is 11.3 Å². The maximum Gasteiger partial charge on any atom is 0.226 e. The van der Waals surface area contributed by atoms with Crippen molar-refractivity contribution in [3.63, 3.8) is 0 Å². The Labute approximate surface area is 121 Å². The van der Waals surface area contributed by atoms with Crippen LogP contribution in [-0.2, 0) is 17.8 Å². The molecule has 0 aliphatic rings. The number of aromatic amines is 1. The van der Waals surface area contributed by atoms with Gasteiger partial charge in [0.25, 0.3) is 0 Å². The Morgan fingerprint density at radius 2 is 2.30 bits per heavy atom. The van der Waals surface area contributed by atoms with Crippen LogP contribution in [0.4, 0.5) is 0 Å². The first kappa shape index (κ1) is 14.7. The lowest BCUT2D eigenvalue weighted by atomic mass is 10.2. The molecule has 0 spiro atoms. The van der Waals surface area contributed by atoms with E-state index in [1.807, 2.05) is 26.2 Å². The molecule has 0 aromatic carbocycles. The van der Waals surface area contributed by atoms with Crippen molar-refractivity contribution in [1.29, 1.82) is 0 Å². The summed E-state index contributed by atoms with van der Waals surface area (Å²) >= 11 is 1.49. The van der Waals surface area contributed by atoms with E-state index in [1.54, 1.807) is 0 Å². The molecule has 0 bridgehead atoms. The maximum absolute atomic E-state index is 11.9. The van der Waals surface area contributed by atoms with Crippen molar-refractivity contribution in [2.24, 2.45) is 5.73 Å². The van der Waals surface area contributed by atoms with Gasteiger partial charge in [0.15, 0.2) is 0 Å². The van der Waals surface area contributed by atoms with Gasteiger partial charge in [-0.05, 0) is 20.8 Å². The summed E-state index contributed by atoms with van der Waals surface area (Å²) in [4.78, 5) is 16.2. The molecule has 7 heteroatoms. The molecule has 2 aromatic rings. The van der Waals surface area contributed by atoms with Gasteiger partial charge in [-0.15, -0.1) is 11.3 Å². The molecule has 4 N–H and O–H groups in total. The minimum atomic E-state index is -0.0898. The fourth-order valence-electron chi connectivity index (χ4n) is 1.86. The van der Waals surface area contributed by atoms with E-state index in [0.717, 1.165) is 27.7 Å². The standard InChI is InChI=1S/C13H19N5OS/c1-7(14)13-16-10(6-20-13)4-12(19)15-5-11-8(2)17-18-9(11)3/h6-7H,4-5,14H2,1-3H3,(H,15,19)(H,17,18). The molecule has 1 atom stereocenters. The molecule has 0 saturated heterocycles. The number of hydrogen-bond acceptors (Lipinski definition) is 5. The van der Waals surface area contributed by atoms with Gasteiger partial charge in [-0.3, -0.25) is 9.89 Å². The molecular formula is C13H19N5OS. The minimum absolute atomic E-state index is 0.0495. The summed E-state index contributed by atoms with van der Waals surface area (Å²) in [7, 11) is 0. The first-order valence-electron chi connectivity index (χ1n) is 6.44. The second kappa shape index (κ2) is 6.15. The van der Waals surface area contributed by atoms with Gasteiger partial charge in [0, 0.05) is 23.2 Å². The van der Waals surface area contributed by atoms with Gasteiger partial charge in [0.05, 0.1) is 23.9 Å². The molecule has 0 saturated carbocycles. The van der Waals surface area contributed by atoms with E-state index in [2.05, 4.69) is 20.5 Å². The van der Waals surface area contributed by atoms with Gasteiger partial charge in [-0.25, -0.2) is 4.98 Å². The lowest BCUT2D eigenvalue weighted by Gasteiger charge is -2.04. The third-order valence-corrected chi connectivity index (χ3v) is 4.14. The van der Waals surface area contributed by atoms with Crippen LogP contribution in [0.3, 0.4) is 0 Å². The SMILES string of the molecule is Cc1n[nH]c(C)c1CNC(=O)Cc1csc(C(C)N)n1. The third kappa shape index (κ3) is 3.43.